The molecule has 0 atom stereocenters. The number of halogens is 1. The van der Waals surface area contributed by atoms with Crippen LogP contribution in [-0.2, 0) is 9.57 Å². The van der Waals surface area contributed by atoms with E-state index in [1.165, 1.54) is 12.1 Å². The fourth-order valence-electron chi connectivity index (χ4n) is 2.58. The van der Waals surface area contributed by atoms with Crippen LogP contribution in [0.2, 0.25) is 0 Å². The first-order valence-electron chi connectivity index (χ1n) is 8.52. The minimum absolute atomic E-state index is 0.238. The molecule has 1 aliphatic heterocycles. The van der Waals surface area contributed by atoms with E-state index in [4.69, 9.17) is 14.3 Å². The lowest BCUT2D eigenvalue weighted by Gasteiger charge is -2.25. The van der Waals surface area contributed by atoms with Crippen molar-refractivity contribution in [1.82, 2.24) is 25.7 Å². The Morgan fingerprint density at radius 3 is 2.63 bits per heavy atom. The van der Waals surface area contributed by atoms with Gasteiger partial charge in [-0.1, -0.05) is 0 Å². The zero-order valence-corrected chi connectivity index (χ0v) is 15.5. The summed E-state index contributed by atoms with van der Waals surface area (Å²) in [4.78, 5) is 14.3. The van der Waals surface area contributed by atoms with Crippen LogP contribution in [0.3, 0.4) is 0 Å². The van der Waals surface area contributed by atoms with Gasteiger partial charge in [0.25, 0.3) is 0 Å². The third-order valence-corrected chi connectivity index (χ3v) is 3.75. The van der Waals surface area contributed by atoms with Crippen LogP contribution in [0.4, 0.5) is 4.39 Å². The third kappa shape index (κ3) is 4.33. The van der Waals surface area contributed by atoms with E-state index >= 15 is 0 Å². The number of hydrogen-bond acceptors (Lipinski definition) is 8. The molecule has 9 heteroatoms. The summed E-state index contributed by atoms with van der Waals surface area (Å²) in [5.74, 6) is -0.301. The molecular formula is C18H22FN5O3. The molecule has 27 heavy (non-hydrogen) atoms. The molecule has 144 valence electrons. The summed E-state index contributed by atoms with van der Waals surface area (Å²) in [5.41, 5.74) is 6.01. The molecule has 0 saturated heterocycles. The van der Waals surface area contributed by atoms with Crippen molar-refractivity contribution in [1.29, 1.82) is 0 Å². The Balaban J connectivity index is 2.01. The monoisotopic (exact) mass is 375 g/mol. The fraction of sp³-hybridized carbons (Fsp3) is 0.333. The maximum atomic E-state index is 13.3. The van der Waals surface area contributed by atoms with Crippen LogP contribution >= 0.6 is 0 Å². The molecule has 0 fully saturated rings. The van der Waals surface area contributed by atoms with Crippen LogP contribution in [0.15, 0.2) is 36.5 Å². The number of nitrogens with one attached hydrogen (secondary N) is 1. The molecule has 0 amide bonds. The number of hydrogen-bond donors (Lipinski definition) is 1. The van der Waals surface area contributed by atoms with Gasteiger partial charge in [-0.15, -0.1) is 5.12 Å². The predicted molar refractivity (Wildman–Crippen MR) is 97.0 cm³/mol. The maximum absolute atomic E-state index is 13.3. The summed E-state index contributed by atoms with van der Waals surface area (Å²) in [6, 6.07) is 8.20. The highest BCUT2D eigenvalue weighted by molar-refractivity contribution is 5.88. The van der Waals surface area contributed by atoms with Crippen LogP contribution in [0.5, 0.6) is 6.01 Å². The first kappa shape index (κ1) is 19.0. The molecule has 8 nitrogen and oxygen atoms in total. The highest BCUT2D eigenvalue weighted by Gasteiger charge is 2.31. The molecular weight excluding hydrogens is 353 g/mol. The Morgan fingerprint density at radius 2 is 1.93 bits per heavy atom. The molecule has 1 N–H and O–H groups in total. The van der Waals surface area contributed by atoms with Gasteiger partial charge < -0.3 is 9.47 Å². The van der Waals surface area contributed by atoms with Gasteiger partial charge in [0.15, 0.2) is 0 Å². The van der Waals surface area contributed by atoms with Gasteiger partial charge in [0.1, 0.15) is 18.1 Å². The first-order chi connectivity index (χ1) is 13.1. The molecule has 1 aromatic carbocycles. The molecule has 2 aromatic rings. The van der Waals surface area contributed by atoms with Crippen molar-refractivity contribution in [3.63, 3.8) is 0 Å². The molecule has 0 bridgehead atoms. The number of nitrogens with zero attached hydrogens (tertiary/aromatic N) is 4. The zero-order chi connectivity index (χ0) is 19.2. The largest absolute Gasteiger partial charge is 0.461 e. The number of rotatable bonds is 8. The lowest BCUT2D eigenvalue weighted by molar-refractivity contribution is -0.231. The van der Waals surface area contributed by atoms with Crippen molar-refractivity contribution in [2.24, 2.45) is 0 Å². The van der Waals surface area contributed by atoms with Crippen molar-refractivity contribution < 1.29 is 18.7 Å². The van der Waals surface area contributed by atoms with Crippen molar-refractivity contribution in [3.05, 3.63) is 53.6 Å². The SMILES string of the molecule is CCON1C(c2ccnc(OCCOC)n2)=C(c2ccc(F)cc2)NN1C. The van der Waals surface area contributed by atoms with Gasteiger partial charge in [0.05, 0.1) is 24.6 Å². The molecule has 0 saturated carbocycles. The van der Waals surface area contributed by atoms with Crippen LogP contribution in [0.1, 0.15) is 18.2 Å². The maximum Gasteiger partial charge on any atom is 0.317 e. The summed E-state index contributed by atoms with van der Waals surface area (Å²) in [6.45, 7) is 3.12. The lowest BCUT2D eigenvalue weighted by Crippen LogP contribution is -2.39. The van der Waals surface area contributed by atoms with Crippen molar-refractivity contribution in [3.8, 4) is 6.01 Å². The van der Waals surface area contributed by atoms with Gasteiger partial charge in [-0.2, -0.15) is 10.2 Å². The summed E-state index contributed by atoms with van der Waals surface area (Å²) in [7, 11) is 3.41. The lowest BCUT2D eigenvalue weighted by atomic mass is 10.1. The molecule has 1 aliphatic rings. The number of methoxy groups -OCH3 is 1. The third-order valence-electron chi connectivity index (χ3n) is 3.75. The van der Waals surface area contributed by atoms with E-state index in [9.17, 15) is 4.39 Å². The topological polar surface area (TPSA) is 72.0 Å². The van der Waals surface area contributed by atoms with Crippen molar-refractivity contribution >= 4 is 11.4 Å². The Bertz CT molecular complexity index is 800. The fourth-order valence-corrected chi connectivity index (χ4v) is 2.58. The predicted octanol–water partition coefficient (Wildman–Crippen LogP) is 2.09. The highest BCUT2D eigenvalue weighted by Crippen LogP contribution is 2.33. The normalized spacial score (nSPS) is 14.6. The summed E-state index contributed by atoms with van der Waals surface area (Å²) >= 11 is 0. The Kier molecular flexibility index (Phi) is 6.17. The minimum atomic E-state index is -0.301. The number of benzene rings is 1. The van der Waals surface area contributed by atoms with Gasteiger partial charge in [-0.3, -0.25) is 10.3 Å². The standard InChI is InChI=1S/C18H22FN5O3/c1-4-27-24-17(15-9-10-20-18(21-15)26-12-11-25-3)16(22-23(24)2)13-5-7-14(19)8-6-13/h5-10,22H,4,11-12H2,1-3H3. The second kappa shape index (κ2) is 8.76. The van der Waals surface area contributed by atoms with Crippen molar-refractivity contribution in [2.45, 2.75) is 6.92 Å². The molecule has 0 spiro atoms. The molecule has 0 radical (unpaired) electrons. The Hall–Kier alpha value is -2.75. The highest BCUT2D eigenvalue weighted by atomic mass is 19.1. The van der Waals surface area contributed by atoms with Gasteiger partial charge >= 0.3 is 6.01 Å². The van der Waals surface area contributed by atoms with Crippen LogP contribution in [-0.4, -0.2) is 54.2 Å². The number of ether oxygens (including phenoxy) is 2. The Labute approximate surface area is 157 Å². The van der Waals surface area contributed by atoms with Gasteiger partial charge in [-0.25, -0.2) is 9.37 Å². The van der Waals surface area contributed by atoms with E-state index in [0.717, 1.165) is 11.3 Å². The van der Waals surface area contributed by atoms with Crippen LogP contribution < -0.4 is 10.2 Å². The number of hydrazine groups is 2. The number of hydroxylamine groups is 1. The Morgan fingerprint density at radius 1 is 1.15 bits per heavy atom. The summed E-state index contributed by atoms with van der Waals surface area (Å²) < 4.78 is 23.8. The molecule has 3 rings (SSSR count). The van der Waals surface area contributed by atoms with Gasteiger partial charge in [0.2, 0.25) is 0 Å². The zero-order valence-electron chi connectivity index (χ0n) is 15.5. The summed E-state index contributed by atoms with van der Waals surface area (Å²) in [6.07, 6.45) is 1.61. The van der Waals surface area contributed by atoms with Gasteiger partial charge in [0, 0.05) is 25.9 Å². The summed E-state index contributed by atoms with van der Waals surface area (Å²) in [5, 5.41) is 3.28. The average molecular weight is 375 g/mol. The quantitative estimate of drug-likeness (QED) is 0.704. The number of aromatic nitrogens is 2. The van der Waals surface area contributed by atoms with Crippen LogP contribution in [0.25, 0.3) is 11.4 Å². The second-order valence-corrected chi connectivity index (χ2v) is 5.62. The van der Waals surface area contributed by atoms with E-state index in [2.05, 4.69) is 15.4 Å². The smallest absolute Gasteiger partial charge is 0.317 e. The van der Waals surface area contributed by atoms with E-state index in [-0.39, 0.29) is 11.8 Å². The van der Waals surface area contributed by atoms with E-state index in [1.54, 1.807) is 41.8 Å². The molecule has 0 aliphatic carbocycles. The molecule has 1 aromatic heterocycles. The molecule has 2 heterocycles. The molecule has 0 unspecified atom stereocenters. The van der Waals surface area contributed by atoms with E-state index < -0.39 is 0 Å². The average Bonchev–Trinajstić information content (AvgIpc) is 3.00. The van der Waals surface area contributed by atoms with Crippen molar-refractivity contribution in [2.75, 3.05) is 34.0 Å². The first-order valence-corrected chi connectivity index (χ1v) is 8.52. The van der Waals surface area contributed by atoms with E-state index in [0.29, 0.717) is 31.2 Å². The van der Waals surface area contributed by atoms with E-state index in [1.807, 2.05) is 14.0 Å². The second-order valence-electron chi connectivity index (χ2n) is 5.62. The van der Waals surface area contributed by atoms with Gasteiger partial charge in [-0.05, 0) is 37.3 Å². The van der Waals surface area contributed by atoms with Crippen LogP contribution in [0, 0.1) is 5.82 Å². The minimum Gasteiger partial charge on any atom is -0.461 e.